The standard InChI is InChI=1S/C12H16/c1-8(2)12-10(4)7-6-9(3)11(12)5/h6-7H,1H2,2-5H3. The number of hydrogen-bond acceptors (Lipinski definition) is 0. The Balaban J connectivity index is 3.43. The van der Waals surface area contributed by atoms with Crippen molar-refractivity contribution in [3.8, 4) is 0 Å². The molecule has 1 aromatic carbocycles. The zero-order valence-corrected chi connectivity index (χ0v) is 8.36. The highest BCUT2D eigenvalue weighted by Gasteiger charge is 2.04. The van der Waals surface area contributed by atoms with E-state index in [1.54, 1.807) is 0 Å². The SMILES string of the molecule is C=C(C)c1c(C)ccc(C)c1C. The summed E-state index contributed by atoms with van der Waals surface area (Å²) in [6.07, 6.45) is 0. The van der Waals surface area contributed by atoms with Gasteiger partial charge in [0.1, 0.15) is 0 Å². The van der Waals surface area contributed by atoms with Gasteiger partial charge in [-0.1, -0.05) is 24.3 Å². The minimum Gasteiger partial charge on any atom is -0.0955 e. The van der Waals surface area contributed by atoms with Gasteiger partial charge in [-0.25, -0.2) is 0 Å². The van der Waals surface area contributed by atoms with Crippen LogP contribution in [-0.2, 0) is 0 Å². The lowest BCUT2D eigenvalue weighted by Gasteiger charge is -2.11. The lowest BCUT2D eigenvalue weighted by Crippen LogP contribution is -1.92. The third-order valence-corrected chi connectivity index (χ3v) is 2.37. The van der Waals surface area contributed by atoms with Crippen LogP contribution in [0.3, 0.4) is 0 Å². The molecule has 0 heterocycles. The fourth-order valence-corrected chi connectivity index (χ4v) is 1.61. The van der Waals surface area contributed by atoms with E-state index >= 15 is 0 Å². The summed E-state index contributed by atoms with van der Waals surface area (Å²) in [6.45, 7) is 12.5. The van der Waals surface area contributed by atoms with Crippen LogP contribution >= 0.6 is 0 Å². The second-order valence-corrected chi connectivity index (χ2v) is 3.48. The van der Waals surface area contributed by atoms with Gasteiger partial charge in [-0.2, -0.15) is 0 Å². The summed E-state index contributed by atoms with van der Waals surface area (Å²) >= 11 is 0. The number of hydrogen-bond donors (Lipinski definition) is 0. The maximum Gasteiger partial charge on any atom is -0.0172 e. The van der Waals surface area contributed by atoms with Crippen LogP contribution < -0.4 is 0 Å². The first kappa shape index (κ1) is 9.05. The monoisotopic (exact) mass is 160 g/mol. The van der Waals surface area contributed by atoms with Gasteiger partial charge < -0.3 is 0 Å². The molecule has 0 aliphatic heterocycles. The van der Waals surface area contributed by atoms with Crippen molar-refractivity contribution >= 4 is 5.57 Å². The molecule has 12 heavy (non-hydrogen) atoms. The van der Waals surface area contributed by atoms with Crippen LogP contribution in [0.25, 0.3) is 5.57 Å². The molecule has 0 unspecified atom stereocenters. The molecule has 0 spiro atoms. The average Bonchev–Trinajstić information content (AvgIpc) is 1.97. The second kappa shape index (κ2) is 3.14. The Morgan fingerprint density at radius 3 is 2.00 bits per heavy atom. The van der Waals surface area contributed by atoms with Crippen molar-refractivity contribution in [2.24, 2.45) is 0 Å². The van der Waals surface area contributed by atoms with Crippen molar-refractivity contribution in [2.75, 3.05) is 0 Å². The van der Waals surface area contributed by atoms with E-state index in [-0.39, 0.29) is 0 Å². The van der Waals surface area contributed by atoms with E-state index in [0.29, 0.717) is 0 Å². The van der Waals surface area contributed by atoms with Gasteiger partial charge in [0.2, 0.25) is 0 Å². The molecule has 1 rings (SSSR count). The molecule has 0 bridgehead atoms. The smallest absolute Gasteiger partial charge is 0.0172 e. The third-order valence-electron chi connectivity index (χ3n) is 2.37. The van der Waals surface area contributed by atoms with Crippen LogP contribution in [0.2, 0.25) is 0 Å². The summed E-state index contributed by atoms with van der Waals surface area (Å²) in [7, 11) is 0. The maximum absolute atomic E-state index is 3.99. The van der Waals surface area contributed by atoms with Crippen LogP contribution in [0.5, 0.6) is 0 Å². The molecule has 0 nitrogen and oxygen atoms in total. The van der Waals surface area contributed by atoms with Gasteiger partial charge >= 0.3 is 0 Å². The summed E-state index contributed by atoms with van der Waals surface area (Å²) in [6, 6.07) is 4.32. The lowest BCUT2D eigenvalue weighted by atomic mass is 9.94. The van der Waals surface area contributed by atoms with Crippen molar-refractivity contribution in [1.82, 2.24) is 0 Å². The molecule has 0 aromatic heterocycles. The van der Waals surface area contributed by atoms with E-state index in [9.17, 15) is 0 Å². The molecule has 0 aliphatic carbocycles. The fourth-order valence-electron chi connectivity index (χ4n) is 1.61. The van der Waals surface area contributed by atoms with Crippen molar-refractivity contribution in [3.63, 3.8) is 0 Å². The molecule has 0 saturated carbocycles. The molecule has 64 valence electrons. The predicted octanol–water partition coefficient (Wildman–Crippen LogP) is 3.64. The highest BCUT2D eigenvalue weighted by Crippen LogP contribution is 2.23. The molecule has 0 atom stereocenters. The van der Waals surface area contributed by atoms with Crippen LogP contribution in [0.1, 0.15) is 29.2 Å². The van der Waals surface area contributed by atoms with Crippen LogP contribution in [0, 0.1) is 20.8 Å². The van der Waals surface area contributed by atoms with Crippen molar-refractivity contribution in [2.45, 2.75) is 27.7 Å². The molecule has 0 amide bonds. The molecular weight excluding hydrogens is 144 g/mol. The fraction of sp³-hybridized carbons (Fsp3) is 0.333. The Morgan fingerprint density at radius 1 is 1.08 bits per heavy atom. The van der Waals surface area contributed by atoms with Gasteiger partial charge in [0.25, 0.3) is 0 Å². The molecule has 0 aliphatic rings. The molecule has 0 saturated heterocycles. The topological polar surface area (TPSA) is 0 Å². The highest BCUT2D eigenvalue weighted by molar-refractivity contribution is 5.68. The Hall–Kier alpha value is -1.04. The number of rotatable bonds is 1. The Kier molecular flexibility index (Phi) is 2.37. The minimum atomic E-state index is 1.16. The van der Waals surface area contributed by atoms with E-state index in [1.165, 1.54) is 22.3 Å². The third kappa shape index (κ3) is 1.42. The molecule has 0 radical (unpaired) electrons. The summed E-state index contributed by atoms with van der Waals surface area (Å²) < 4.78 is 0. The first-order valence-corrected chi connectivity index (χ1v) is 4.26. The summed E-state index contributed by atoms with van der Waals surface area (Å²) in [5, 5.41) is 0. The van der Waals surface area contributed by atoms with E-state index in [1.807, 2.05) is 0 Å². The number of allylic oxidation sites excluding steroid dienone is 1. The number of benzene rings is 1. The molecule has 1 aromatic rings. The minimum absolute atomic E-state index is 1.16. The quantitative estimate of drug-likeness (QED) is 0.588. The largest absolute Gasteiger partial charge is 0.0955 e. The van der Waals surface area contributed by atoms with E-state index < -0.39 is 0 Å². The predicted molar refractivity (Wildman–Crippen MR) is 55.4 cm³/mol. The normalized spacial score (nSPS) is 10.0. The van der Waals surface area contributed by atoms with E-state index in [2.05, 4.69) is 46.4 Å². The lowest BCUT2D eigenvalue weighted by molar-refractivity contribution is 1.26. The Labute approximate surface area is 74.9 Å². The second-order valence-electron chi connectivity index (χ2n) is 3.48. The van der Waals surface area contributed by atoms with Gasteiger partial charge in [-0.3, -0.25) is 0 Å². The molecule has 0 N–H and O–H groups in total. The zero-order chi connectivity index (χ0) is 9.30. The van der Waals surface area contributed by atoms with Crippen molar-refractivity contribution < 1.29 is 0 Å². The summed E-state index contributed by atoms with van der Waals surface area (Å²) in [5.74, 6) is 0. The van der Waals surface area contributed by atoms with Gasteiger partial charge in [0.05, 0.1) is 0 Å². The van der Waals surface area contributed by atoms with E-state index in [0.717, 1.165) is 5.57 Å². The zero-order valence-electron chi connectivity index (χ0n) is 8.36. The highest BCUT2D eigenvalue weighted by atomic mass is 14.1. The summed E-state index contributed by atoms with van der Waals surface area (Å²) in [5.41, 5.74) is 6.52. The van der Waals surface area contributed by atoms with Gasteiger partial charge in [0.15, 0.2) is 0 Å². The Bertz CT molecular complexity index is 319. The molecule has 0 fully saturated rings. The van der Waals surface area contributed by atoms with Crippen LogP contribution in [0.15, 0.2) is 18.7 Å². The van der Waals surface area contributed by atoms with Gasteiger partial charge in [0, 0.05) is 0 Å². The first-order valence-electron chi connectivity index (χ1n) is 4.26. The Morgan fingerprint density at radius 2 is 1.58 bits per heavy atom. The van der Waals surface area contributed by atoms with E-state index in [4.69, 9.17) is 0 Å². The van der Waals surface area contributed by atoms with Crippen molar-refractivity contribution in [3.05, 3.63) is 41.0 Å². The van der Waals surface area contributed by atoms with Crippen LogP contribution in [-0.4, -0.2) is 0 Å². The number of aryl methyl sites for hydroxylation is 2. The summed E-state index contributed by atoms with van der Waals surface area (Å²) in [4.78, 5) is 0. The van der Waals surface area contributed by atoms with Gasteiger partial charge in [-0.15, -0.1) is 0 Å². The molecular formula is C12H16. The maximum atomic E-state index is 3.99. The molecule has 0 heteroatoms. The first-order chi connectivity index (χ1) is 5.54. The van der Waals surface area contributed by atoms with Crippen LogP contribution in [0.4, 0.5) is 0 Å². The van der Waals surface area contributed by atoms with Crippen molar-refractivity contribution in [1.29, 1.82) is 0 Å². The average molecular weight is 160 g/mol. The van der Waals surface area contributed by atoms with Gasteiger partial charge in [-0.05, 0) is 49.9 Å².